The molecule has 1 amide bonds. The number of rotatable bonds is 3. The van der Waals surface area contributed by atoms with E-state index in [1.165, 1.54) is 0 Å². The van der Waals surface area contributed by atoms with Gasteiger partial charge in [-0.3, -0.25) is 14.7 Å². The van der Waals surface area contributed by atoms with E-state index in [2.05, 4.69) is 9.88 Å². The van der Waals surface area contributed by atoms with Gasteiger partial charge >= 0.3 is 12.1 Å². The van der Waals surface area contributed by atoms with E-state index in [-0.39, 0.29) is 11.3 Å². The molecular formula is C20H26F3N3O5. The van der Waals surface area contributed by atoms with Crippen LogP contribution >= 0.6 is 0 Å². The van der Waals surface area contributed by atoms with Gasteiger partial charge in [-0.05, 0) is 18.6 Å². The highest BCUT2D eigenvalue weighted by Crippen LogP contribution is 2.42. The van der Waals surface area contributed by atoms with Crippen LogP contribution in [0.25, 0.3) is 0 Å². The van der Waals surface area contributed by atoms with Crippen LogP contribution in [0.5, 0.6) is 0 Å². The topological polar surface area (TPSA) is 92.2 Å². The number of carboxylic acid groups (broad SMARTS) is 1. The van der Waals surface area contributed by atoms with Crippen LogP contribution in [0.15, 0.2) is 18.3 Å². The first-order chi connectivity index (χ1) is 14.6. The van der Waals surface area contributed by atoms with Crippen molar-refractivity contribution in [1.82, 2.24) is 14.8 Å². The number of pyridine rings is 1. The van der Waals surface area contributed by atoms with E-state index in [1.807, 2.05) is 24.0 Å². The van der Waals surface area contributed by atoms with Gasteiger partial charge in [0.2, 0.25) is 0 Å². The predicted octanol–water partition coefficient (Wildman–Crippen LogP) is 1.44. The van der Waals surface area contributed by atoms with E-state index < -0.39 is 12.1 Å². The number of aromatic nitrogens is 1. The second-order valence-electron chi connectivity index (χ2n) is 8.17. The van der Waals surface area contributed by atoms with Crippen molar-refractivity contribution in [2.45, 2.75) is 13.1 Å². The Kier molecular flexibility index (Phi) is 7.17. The van der Waals surface area contributed by atoms with Crippen LogP contribution in [0.1, 0.15) is 16.1 Å². The Morgan fingerprint density at radius 2 is 1.94 bits per heavy atom. The molecule has 0 aromatic carbocycles. The molecule has 1 aromatic rings. The summed E-state index contributed by atoms with van der Waals surface area (Å²) in [5, 5.41) is 7.12. The number of carbonyl (C=O) groups excluding carboxylic acids is 1. The Hall–Kier alpha value is -2.24. The summed E-state index contributed by atoms with van der Waals surface area (Å²) in [5.41, 5.74) is 1.68. The first kappa shape index (κ1) is 23.4. The van der Waals surface area contributed by atoms with Crippen molar-refractivity contribution >= 4 is 11.9 Å². The van der Waals surface area contributed by atoms with Crippen molar-refractivity contribution < 1.29 is 37.3 Å². The highest BCUT2D eigenvalue weighted by Gasteiger charge is 2.52. The van der Waals surface area contributed by atoms with E-state index in [1.54, 1.807) is 6.20 Å². The molecule has 4 heterocycles. The zero-order valence-electron chi connectivity index (χ0n) is 17.2. The third kappa shape index (κ3) is 5.72. The minimum absolute atomic E-state index is 0.0470. The Morgan fingerprint density at radius 1 is 1.26 bits per heavy atom. The van der Waals surface area contributed by atoms with E-state index in [0.29, 0.717) is 11.6 Å². The summed E-state index contributed by atoms with van der Waals surface area (Å²) < 4.78 is 43.0. The van der Waals surface area contributed by atoms with Crippen molar-refractivity contribution in [2.75, 3.05) is 59.2 Å². The van der Waals surface area contributed by atoms with Crippen molar-refractivity contribution in [2.24, 2.45) is 11.3 Å². The molecule has 0 aliphatic carbocycles. The molecule has 8 nitrogen and oxygen atoms in total. The van der Waals surface area contributed by atoms with Crippen LogP contribution in [-0.4, -0.2) is 97.1 Å². The third-order valence-corrected chi connectivity index (χ3v) is 5.82. The van der Waals surface area contributed by atoms with E-state index in [9.17, 15) is 18.0 Å². The van der Waals surface area contributed by atoms with Crippen LogP contribution in [0.3, 0.4) is 0 Å². The first-order valence-corrected chi connectivity index (χ1v) is 10.0. The minimum atomic E-state index is -5.08. The van der Waals surface area contributed by atoms with Gasteiger partial charge in [0.05, 0.1) is 26.4 Å². The zero-order chi connectivity index (χ0) is 22.6. The zero-order valence-corrected chi connectivity index (χ0v) is 17.2. The van der Waals surface area contributed by atoms with Gasteiger partial charge in [0.15, 0.2) is 0 Å². The summed E-state index contributed by atoms with van der Waals surface area (Å²) in [4.78, 5) is 30.5. The van der Waals surface area contributed by atoms with Crippen LogP contribution < -0.4 is 0 Å². The lowest BCUT2D eigenvalue weighted by Gasteiger charge is -2.36. The maximum absolute atomic E-state index is 12.8. The molecule has 0 bridgehead atoms. The molecule has 3 fully saturated rings. The molecule has 3 aliphatic heterocycles. The van der Waals surface area contributed by atoms with Crippen molar-refractivity contribution in [3.05, 3.63) is 29.6 Å². The number of nitrogens with zero attached hydrogens (tertiary/aromatic N) is 3. The van der Waals surface area contributed by atoms with Crippen molar-refractivity contribution in [3.63, 3.8) is 0 Å². The summed E-state index contributed by atoms with van der Waals surface area (Å²) >= 11 is 0. The molecular weight excluding hydrogens is 419 g/mol. The number of alkyl halides is 3. The number of aliphatic carboxylic acids is 1. The molecule has 0 spiro atoms. The number of hydrogen-bond acceptors (Lipinski definition) is 6. The predicted molar refractivity (Wildman–Crippen MR) is 103 cm³/mol. The normalized spacial score (nSPS) is 26.2. The third-order valence-electron chi connectivity index (χ3n) is 5.82. The molecule has 11 heteroatoms. The largest absolute Gasteiger partial charge is 0.490 e. The van der Waals surface area contributed by atoms with E-state index in [4.69, 9.17) is 19.4 Å². The molecule has 0 unspecified atom stereocenters. The molecule has 3 saturated heterocycles. The lowest BCUT2D eigenvalue weighted by molar-refractivity contribution is -0.192. The number of carbonyl (C=O) groups is 2. The van der Waals surface area contributed by atoms with Gasteiger partial charge in [-0.15, -0.1) is 0 Å². The molecule has 0 radical (unpaired) electrons. The summed E-state index contributed by atoms with van der Waals surface area (Å²) in [5.74, 6) is -2.28. The van der Waals surface area contributed by atoms with Gasteiger partial charge in [0, 0.05) is 50.3 Å². The fourth-order valence-electron chi connectivity index (χ4n) is 4.17. The quantitative estimate of drug-likeness (QED) is 0.753. The molecule has 0 saturated carbocycles. The number of amides is 1. The maximum atomic E-state index is 12.8. The summed E-state index contributed by atoms with van der Waals surface area (Å²) in [7, 11) is 0. The number of aryl methyl sites for hydroxylation is 1. The molecule has 4 rings (SSSR count). The van der Waals surface area contributed by atoms with Crippen LogP contribution in [0.4, 0.5) is 13.2 Å². The molecule has 172 valence electrons. The van der Waals surface area contributed by atoms with Gasteiger partial charge in [0.25, 0.3) is 5.91 Å². The minimum Gasteiger partial charge on any atom is -0.475 e. The van der Waals surface area contributed by atoms with Gasteiger partial charge in [-0.1, -0.05) is 6.07 Å². The average molecular weight is 445 g/mol. The smallest absolute Gasteiger partial charge is 0.475 e. The number of morpholine rings is 1. The molecule has 1 aromatic heterocycles. The Morgan fingerprint density at radius 3 is 2.52 bits per heavy atom. The number of fused-ring (bicyclic) bond motifs is 1. The molecule has 1 N–H and O–H groups in total. The lowest BCUT2D eigenvalue weighted by Crippen LogP contribution is -2.47. The monoisotopic (exact) mass is 445 g/mol. The van der Waals surface area contributed by atoms with E-state index >= 15 is 0 Å². The number of ether oxygens (including phenoxy) is 2. The fourth-order valence-corrected chi connectivity index (χ4v) is 4.17. The SMILES string of the molecule is Cc1ccc(C(=O)N2C[C@@H]3COC[C@]3(CN3CCOCC3)C2)nc1.O=C(O)C(F)(F)F. The van der Waals surface area contributed by atoms with Gasteiger partial charge in [-0.25, -0.2) is 4.79 Å². The van der Waals surface area contributed by atoms with Crippen LogP contribution in [0, 0.1) is 18.3 Å². The number of carboxylic acids is 1. The Balaban J connectivity index is 0.000000339. The lowest BCUT2D eigenvalue weighted by atomic mass is 9.80. The molecule has 31 heavy (non-hydrogen) atoms. The van der Waals surface area contributed by atoms with E-state index in [0.717, 1.165) is 64.7 Å². The molecule has 3 aliphatic rings. The Bertz CT molecular complexity index is 783. The fraction of sp³-hybridized carbons (Fsp3) is 0.650. The van der Waals surface area contributed by atoms with Gasteiger partial charge in [0.1, 0.15) is 5.69 Å². The first-order valence-electron chi connectivity index (χ1n) is 10.0. The second kappa shape index (κ2) is 9.49. The summed E-state index contributed by atoms with van der Waals surface area (Å²) in [6, 6.07) is 3.78. The summed E-state index contributed by atoms with van der Waals surface area (Å²) in [6.07, 6.45) is -3.32. The standard InChI is InChI=1S/C18H25N3O3.C2HF3O2/c1-14-2-3-16(19-8-14)17(22)21-9-15-10-24-13-18(15,12-21)11-20-4-6-23-7-5-20;3-2(4,5)1(6)7/h2-3,8,15H,4-7,9-13H2,1H3;(H,6,7)/t15-,18+;/m1./s1. The van der Waals surface area contributed by atoms with Crippen molar-refractivity contribution in [1.29, 1.82) is 0 Å². The molecule has 2 atom stereocenters. The van der Waals surface area contributed by atoms with Crippen LogP contribution in [-0.2, 0) is 14.3 Å². The van der Waals surface area contributed by atoms with Gasteiger partial charge in [-0.2, -0.15) is 13.2 Å². The highest BCUT2D eigenvalue weighted by molar-refractivity contribution is 5.92. The second-order valence-corrected chi connectivity index (χ2v) is 8.17. The number of hydrogen-bond donors (Lipinski definition) is 1. The van der Waals surface area contributed by atoms with Crippen LogP contribution in [0.2, 0.25) is 0 Å². The average Bonchev–Trinajstić information content (AvgIpc) is 3.25. The number of halogens is 3. The highest BCUT2D eigenvalue weighted by atomic mass is 19.4. The Labute approximate surface area is 177 Å². The number of likely N-dealkylation sites (tertiary alicyclic amines) is 1. The van der Waals surface area contributed by atoms with Gasteiger partial charge < -0.3 is 19.5 Å². The maximum Gasteiger partial charge on any atom is 0.490 e. The van der Waals surface area contributed by atoms with Crippen molar-refractivity contribution in [3.8, 4) is 0 Å². The summed E-state index contributed by atoms with van der Waals surface area (Å²) in [6.45, 7) is 9.58.